The van der Waals surface area contributed by atoms with E-state index in [9.17, 15) is 13.2 Å². The summed E-state index contributed by atoms with van der Waals surface area (Å²) < 4.78 is 30.0. The first-order valence-corrected chi connectivity index (χ1v) is 5.56. The number of hydrogen-bond donors (Lipinski definition) is 1. The maximum absolute atomic E-state index is 11.2. The third-order valence-corrected chi connectivity index (χ3v) is 3.02. The first-order valence-electron chi connectivity index (χ1n) is 3.95. The Kier molecular flexibility index (Phi) is 3.84. The minimum Gasteiger partial charge on any atom is -0.336 e. The summed E-state index contributed by atoms with van der Waals surface area (Å²) in [6.45, 7) is 6.38. The van der Waals surface area contributed by atoms with Gasteiger partial charge >= 0.3 is 0 Å². The van der Waals surface area contributed by atoms with Crippen LogP contribution in [-0.4, -0.2) is 42.1 Å². The predicted octanol–water partition coefficient (Wildman–Crippen LogP) is 0.297. The summed E-state index contributed by atoms with van der Waals surface area (Å²) in [5.74, 6) is -0.894. The van der Waals surface area contributed by atoms with Gasteiger partial charge in [0.1, 0.15) is 0 Å². The maximum Gasteiger partial charge on any atom is 0.267 e. The highest BCUT2D eigenvalue weighted by atomic mass is 32.2. The Balaban J connectivity index is 4.78. The summed E-state index contributed by atoms with van der Waals surface area (Å²) >= 11 is 0. The van der Waals surface area contributed by atoms with E-state index in [2.05, 4.69) is 6.58 Å². The fourth-order valence-electron chi connectivity index (χ4n) is 0.978. The van der Waals surface area contributed by atoms with E-state index >= 15 is 0 Å². The van der Waals surface area contributed by atoms with Gasteiger partial charge < -0.3 is 4.90 Å². The number of nitrogens with zero attached hydrogens (tertiary/aromatic N) is 1. The molecule has 0 saturated carbocycles. The normalized spacial score (nSPS) is 12.3. The Bertz CT molecular complexity index is 331. The van der Waals surface area contributed by atoms with Crippen LogP contribution in [0.4, 0.5) is 0 Å². The number of rotatable bonds is 4. The number of carbonyl (C=O) groups excluding carboxylic acids is 1. The van der Waals surface area contributed by atoms with Gasteiger partial charge in [0, 0.05) is 7.05 Å². The zero-order chi connectivity index (χ0) is 11.6. The molecule has 0 radical (unpaired) electrons. The summed E-state index contributed by atoms with van der Waals surface area (Å²) in [5.41, 5.74) is -0.959. The van der Waals surface area contributed by atoms with E-state index in [1.807, 2.05) is 0 Å². The molecule has 1 amide bonds. The zero-order valence-electron chi connectivity index (χ0n) is 8.52. The molecular weight excluding hydrogens is 206 g/mol. The lowest BCUT2D eigenvalue weighted by atomic mass is 10.1. The lowest BCUT2D eigenvalue weighted by Gasteiger charge is -2.33. The molecule has 0 aliphatic heterocycles. The average Bonchev–Trinajstić information content (AvgIpc) is 1.97. The summed E-state index contributed by atoms with van der Waals surface area (Å²) in [4.78, 5) is 12.4. The monoisotopic (exact) mass is 221 g/mol. The molecule has 0 atom stereocenters. The van der Waals surface area contributed by atoms with Gasteiger partial charge in [-0.3, -0.25) is 9.35 Å². The SMILES string of the molecule is C=CC(=O)N(C)C(C)(C)CS(=O)(=O)O. The van der Waals surface area contributed by atoms with Crippen molar-refractivity contribution >= 4 is 16.0 Å². The molecule has 0 bridgehead atoms. The van der Waals surface area contributed by atoms with Gasteiger partial charge in [-0.2, -0.15) is 8.42 Å². The molecule has 1 N–H and O–H groups in total. The standard InChI is InChI=1S/C8H15NO4S/c1-5-7(10)9(4)8(2,3)6-14(11,12)13/h5H,1,6H2,2-4H3,(H,11,12,13). The molecule has 0 heterocycles. The highest BCUT2D eigenvalue weighted by molar-refractivity contribution is 7.85. The molecule has 0 rings (SSSR count). The molecule has 0 aliphatic rings. The van der Waals surface area contributed by atoms with Crippen molar-refractivity contribution < 1.29 is 17.8 Å². The van der Waals surface area contributed by atoms with Gasteiger partial charge in [-0.1, -0.05) is 6.58 Å². The Hall–Kier alpha value is -0.880. The van der Waals surface area contributed by atoms with Crippen molar-refractivity contribution in [1.29, 1.82) is 0 Å². The van der Waals surface area contributed by atoms with Crippen LogP contribution in [0, 0.1) is 0 Å². The molecule has 5 nitrogen and oxygen atoms in total. The van der Waals surface area contributed by atoms with Gasteiger partial charge in [0.05, 0.1) is 11.3 Å². The Morgan fingerprint density at radius 1 is 1.57 bits per heavy atom. The van der Waals surface area contributed by atoms with E-state index in [4.69, 9.17) is 4.55 Å². The molecule has 14 heavy (non-hydrogen) atoms. The second kappa shape index (κ2) is 4.10. The Morgan fingerprint density at radius 3 is 2.29 bits per heavy atom. The van der Waals surface area contributed by atoms with Gasteiger partial charge in [0.2, 0.25) is 5.91 Å². The zero-order valence-corrected chi connectivity index (χ0v) is 9.34. The van der Waals surface area contributed by atoms with Gasteiger partial charge in [-0.25, -0.2) is 0 Å². The third-order valence-electron chi connectivity index (χ3n) is 1.95. The van der Waals surface area contributed by atoms with Crippen molar-refractivity contribution in [2.45, 2.75) is 19.4 Å². The highest BCUT2D eigenvalue weighted by Crippen LogP contribution is 2.14. The molecular formula is C8H15NO4S. The maximum atomic E-state index is 11.2. The summed E-state index contributed by atoms with van der Waals surface area (Å²) in [6, 6.07) is 0. The van der Waals surface area contributed by atoms with E-state index in [1.165, 1.54) is 11.9 Å². The van der Waals surface area contributed by atoms with Crippen molar-refractivity contribution in [3.63, 3.8) is 0 Å². The predicted molar refractivity (Wildman–Crippen MR) is 53.5 cm³/mol. The highest BCUT2D eigenvalue weighted by Gasteiger charge is 2.31. The van der Waals surface area contributed by atoms with Crippen LogP contribution >= 0.6 is 0 Å². The lowest BCUT2D eigenvalue weighted by Crippen LogP contribution is -2.48. The molecule has 0 unspecified atom stereocenters. The van der Waals surface area contributed by atoms with Crippen molar-refractivity contribution in [1.82, 2.24) is 4.90 Å². The Labute approximate surface area is 84.2 Å². The van der Waals surface area contributed by atoms with E-state index in [1.54, 1.807) is 13.8 Å². The van der Waals surface area contributed by atoms with Crippen LogP contribution in [0.3, 0.4) is 0 Å². The van der Waals surface area contributed by atoms with Crippen molar-refractivity contribution in [3.05, 3.63) is 12.7 Å². The van der Waals surface area contributed by atoms with E-state index in [0.717, 1.165) is 6.08 Å². The molecule has 82 valence electrons. The van der Waals surface area contributed by atoms with Crippen LogP contribution in [0.2, 0.25) is 0 Å². The number of amides is 1. The van der Waals surface area contributed by atoms with Crippen LogP contribution in [0.5, 0.6) is 0 Å². The number of likely N-dealkylation sites (N-methyl/N-ethyl adjacent to an activating group) is 1. The van der Waals surface area contributed by atoms with Crippen molar-refractivity contribution in [3.8, 4) is 0 Å². The summed E-state index contributed by atoms with van der Waals surface area (Å²) in [5, 5.41) is 0. The quantitative estimate of drug-likeness (QED) is 0.547. The van der Waals surface area contributed by atoms with Crippen LogP contribution in [0.25, 0.3) is 0 Å². The fraction of sp³-hybridized carbons (Fsp3) is 0.625. The molecule has 0 fully saturated rings. The van der Waals surface area contributed by atoms with E-state index < -0.39 is 27.3 Å². The number of carbonyl (C=O) groups is 1. The van der Waals surface area contributed by atoms with Crippen LogP contribution < -0.4 is 0 Å². The molecule has 0 saturated heterocycles. The van der Waals surface area contributed by atoms with E-state index in [0.29, 0.717) is 0 Å². The molecule has 6 heteroatoms. The first-order chi connectivity index (χ1) is 6.10. The molecule has 0 aromatic heterocycles. The van der Waals surface area contributed by atoms with Gasteiger partial charge in [0.25, 0.3) is 10.1 Å². The minimum atomic E-state index is -4.10. The Morgan fingerprint density at radius 2 is 2.00 bits per heavy atom. The smallest absolute Gasteiger partial charge is 0.267 e. The van der Waals surface area contributed by atoms with Gasteiger partial charge in [-0.15, -0.1) is 0 Å². The summed E-state index contributed by atoms with van der Waals surface area (Å²) in [6.07, 6.45) is 1.09. The second-order valence-corrected chi connectivity index (χ2v) is 5.09. The molecule has 0 spiro atoms. The minimum absolute atomic E-state index is 0.390. The third kappa shape index (κ3) is 3.89. The van der Waals surface area contributed by atoms with Gasteiger partial charge in [-0.05, 0) is 19.9 Å². The number of hydrogen-bond acceptors (Lipinski definition) is 3. The van der Waals surface area contributed by atoms with Crippen molar-refractivity contribution in [2.24, 2.45) is 0 Å². The fourth-order valence-corrected chi connectivity index (χ4v) is 2.06. The van der Waals surface area contributed by atoms with Crippen LogP contribution in [0.15, 0.2) is 12.7 Å². The first kappa shape index (κ1) is 13.1. The van der Waals surface area contributed by atoms with Crippen molar-refractivity contribution in [2.75, 3.05) is 12.8 Å². The molecule has 0 aliphatic carbocycles. The largest absolute Gasteiger partial charge is 0.336 e. The average molecular weight is 221 g/mol. The topological polar surface area (TPSA) is 74.7 Å². The summed E-state index contributed by atoms with van der Waals surface area (Å²) in [7, 11) is -2.64. The molecule has 0 aromatic rings. The van der Waals surface area contributed by atoms with Gasteiger partial charge in [0.15, 0.2) is 0 Å². The van der Waals surface area contributed by atoms with E-state index in [-0.39, 0.29) is 0 Å². The molecule has 0 aromatic carbocycles. The second-order valence-electron chi connectivity index (χ2n) is 3.64. The van der Waals surface area contributed by atoms with Crippen LogP contribution in [0.1, 0.15) is 13.8 Å². The lowest BCUT2D eigenvalue weighted by molar-refractivity contribution is -0.128. The van der Waals surface area contributed by atoms with Crippen LogP contribution in [-0.2, 0) is 14.9 Å².